The van der Waals surface area contributed by atoms with Gasteiger partial charge in [0.1, 0.15) is 0 Å². The summed E-state index contributed by atoms with van der Waals surface area (Å²) >= 11 is 0. The molecule has 24 heavy (non-hydrogen) atoms. The predicted octanol–water partition coefficient (Wildman–Crippen LogP) is 3.92. The molecule has 5 heteroatoms. The van der Waals surface area contributed by atoms with Crippen molar-refractivity contribution in [2.24, 2.45) is 5.10 Å². The van der Waals surface area contributed by atoms with Crippen molar-refractivity contribution in [1.29, 1.82) is 0 Å². The van der Waals surface area contributed by atoms with E-state index in [2.05, 4.69) is 63.7 Å². The lowest BCUT2D eigenvalue weighted by atomic mass is 10.2. The summed E-state index contributed by atoms with van der Waals surface area (Å²) in [6, 6.07) is 16.3. The smallest absolute Gasteiger partial charge is 0.176 e. The molecule has 3 aromatic rings. The summed E-state index contributed by atoms with van der Waals surface area (Å²) in [5, 5.41) is 14.4. The number of anilines is 2. The monoisotopic (exact) mass is 319 g/mol. The molecule has 0 bridgehead atoms. The van der Waals surface area contributed by atoms with E-state index >= 15 is 0 Å². The standard InChI is InChI=1S/C19H21N5/c1-3-24(4-2)17-11-9-15(10-12-17)13-20-22-19-18-8-6-5-7-16(18)14-21-23-19/h5-14H,3-4H2,1-2H3,(H,22,23). The molecule has 0 saturated carbocycles. The fraction of sp³-hybridized carbons (Fsp3) is 0.211. The van der Waals surface area contributed by atoms with Crippen LogP contribution in [0.1, 0.15) is 19.4 Å². The normalized spacial score (nSPS) is 11.1. The highest BCUT2D eigenvalue weighted by Gasteiger charge is 2.02. The maximum atomic E-state index is 4.29. The van der Waals surface area contributed by atoms with Gasteiger partial charge < -0.3 is 4.90 Å². The quantitative estimate of drug-likeness (QED) is 0.552. The number of nitrogens with zero attached hydrogens (tertiary/aromatic N) is 4. The van der Waals surface area contributed by atoms with Gasteiger partial charge in [-0.1, -0.05) is 36.4 Å². The predicted molar refractivity (Wildman–Crippen MR) is 101 cm³/mol. The number of benzene rings is 2. The third-order valence-electron chi connectivity index (χ3n) is 3.98. The van der Waals surface area contributed by atoms with Crippen LogP contribution in [0.3, 0.4) is 0 Å². The van der Waals surface area contributed by atoms with E-state index < -0.39 is 0 Å². The van der Waals surface area contributed by atoms with E-state index in [1.165, 1.54) is 5.69 Å². The molecule has 0 atom stereocenters. The first kappa shape index (κ1) is 15.9. The number of nitrogens with one attached hydrogen (secondary N) is 1. The molecular weight excluding hydrogens is 298 g/mol. The zero-order chi connectivity index (χ0) is 16.8. The van der Waals surface area contributed by atoms with E-state index in [1.54, 1.807) is 12.4 Å². The van der Waals surface area contributed by atoms with Crippen molar-refractivity contribution in [3.8, 4) is 0 Å². The largest absolute Gasteiger partial charge is 0.372 e. The summed E-state index contributed by atoms with van der Waals surface area (Å²) in [4.78, 5) is 2.31. The third-order valence-corrected chi connectivity index (χ3v) is 3.98. The van der Waals surface area contributed by atoms with Crippen LogP contribution < -0.4 is 10.3 Å². The minimum absolute atomic E-state index is 0.657. The maximum Gasteiger partial charge on any atom is 0.176 e. The van der Waals surface area contributed by atoms with Crippen LogP contribution in [0, 0.1) is 0 Å². The van der Waals surface area contributed by atoms with Crippen LogP contribution in [0.15, 0.2) is 59.8 Å². The van der Waals surface area contributed by atoms with Crippen LogP contribution in [0.2, 0.25) is 0 Å². The van der Waals surface area contributed by atoms with Gasteiger partial charge in [0.25, 0.3) is 0 Å². The Morgan fingerprint density at radius 1 is 1.04 bits per heavy atom. The van der Waals surface area contributed by atoms with Crippen LogP contribution >= 0.6 is 0 Å². The summed E-state index contributed by atoms with van der Waals surface area (Å²) in [7, 11) is 0. The van der Waals surface area contributed by atoms with Gasteiger partial charge in [-0.05, 0) is 31.5 Å². The van der Waals surface area contributed by atoms with Gasteiger partial charge in [-0.15, -0.1) is 5.10 Å². The third kappa shape index (κ3) is 3.51. The van der Waals surface area contributed by atoms with Gasteiger partial charge in [0.15, 0.2) is 5.82 Å². The zero-order valence-electron chi connectivity index (χ0n) is 14.0. The highest BCUT2D eigenvalue weighted by atomic mass is 15.3. The van der Waals surface area contributed by atoms with E-state index in [1.807, 2.05) is 24.3 Å². The summed E-state index contributed by atoms with van der Waals surface area (Å²) in [5.74, 6) is 0.657. The van der Waals surface area contributed by atoms with Crippen LogP contribution in [-0.2, 0) is 0 Å². The molecule has 0 saturated heterocycles. The lowest BCUT2D eigenvalue weighted by Gasteiger charge is -2.20. The Morgan fingerprint density at radius 3 is 2.54 bits per heavy atom. The van der Waals surface area contributed by atoms with Crippen molar-refractivity contribution in [2.75, 3.05) is 23.4 Å². The van der Waals surface area contributed by atoms with E-state index in [9.17, 15) is 0 Å². The second kappa shape index (κ2) is 7.55. The molecule has 5 nitrogen and oxygen atoms in total. The van der Waals surface area contributed by atoms with Crippen LogP contribution in [0.4, 0.5) is 11.5 Å². The molecule has 0 aliphatic rings. The first-order chi connectivity index (χ1) is 11.8. The fourth-order valence-electron chi connectivity index (χ4n) is 2.64. The Hall–Kier alpha value is -2.95. The molecule has 3 rings (SSSR count). The first-order valence-electron chi connectivity index (χ1n) is 8.16. The second-order valence-corrected chi connectivity index (χ2v) is 5.41. The molecule has 0 radical (unpaired) electrons. The Kier molecular flexibility index (Phi) is 5.01. The average molecular weight is 319 g/mol. The number of hydrogen-bond donors (Lipinski definition) is 1. The van der Waals surface area contributed by atoms with Crippen molar-refractivity contribution >= 4 is 28.5 Å². The highest BCUT2D eigenvalue weighted by Crippen LogP contribution is 2.19. The van der Waals surface area contributed by atoms with Crippen LogP contribution in [0.25, 0.3) is 10.8 Å². The Labute approximate surface area is 142 Å². The second-order valence-electron chi connectivity index (χ2n) is 5.41. The molecule has 0 amide bonds. The molecule has 1 heterocycles. The average Bonchev–Trinajstić information content (AvgIpc) is 2.64. The molecule has 2 aromatic carbocycles. The molecule has 1 aromatic heterocycles. The molecule has 0 unspecified atom stereocenters. The van der Waals surface area contributed by atoms with Crippen molar-refractivity contribution < 1.29 is 0 Å². The Balaban J connectivity index is 1.72. The number of aromatic nitrogens is 2. The Bertz CT molecular complexity index is 817. The number of rotatable bonds is 6. The summed E-state index contributed by atoms with van der Waals surface area (Å²) in [5.41, 5.74) is 5.24. The SMILES string of the molecule is CCN(CC)c1ccc(C=NNc2nncc3ccccc23)cc1. The van der Waals surface area contributed by atoms with Crippen LogP contribution in [-0.4, -0.2) is 29.5 Å². The molecule has 0 aliphatic heterocycles. The van der Waals surface area contributed by atoms with E-state index in [0.29, 0.717) is 5.82 Å². The topological polar surface area (TPSA) is 53.4 Å². The van der Waals surface area contributed by atoms with Gasteiger partial charge >= 0.3 is 0 Å². The lowest BCUT2D eigenvalue weighted by Crippen LogP contribution is -2.21. The maximum absolute atomic E-state index is 4.29. The van der Waals surface area contributed by atoms with Gasteiger partial charge in [0.05, 0.1) is 12.4 Å². The van der Waals surface area contributed by atoms with Gasteiger partial charge in [-0.3, -0.25) is 5.43 Å². The number of fused-ring (bicyclic) bond motifs is 1. The van der Waals surface area contributed by atoms with Crippen molar-refractivity contribution in [3.05, 3.63) is 60.3 Å². The van der Waals surface area contributed by atoms with Crippen molar-refractivity contribution in [1.82, 2.24) is 10.2 Å². The first-order valence-corrected chi connectivity index (χ1v) is 8.16. The van der Waals surface area contributed by atoms with Gasteiger partial charge in [0.2, 0.25) is 0 Å². The number of hydrazone groups is 1. The number of hydrogen-bond acceptors (Lipinski definition) is 5. The zero-order valence-corrected chi connectivity index (χ0v) is 14.0. The molecule has 0 fully saturated rings. The summed E-state index contributed by atoms with van der Waals surface area (Å²) in [6.45, 7) is 6.33. The van der Waals surface area contributed by atoms with Crippen molar-refractivity contribution in [2.45, 2.75) is 13.8 Å². The molecule has 122 valence electrons. The lowest BCUT2D eigenvalue weighted by molar-refractivity contribution is 0.866. The molecular formula is C19H21N5. The minimum atomic E-state index is 0.657. The highest BCUT2D eigenvalue weighted by molar-refractivity contribution is 5.91. The van der Waals surface area contributed by atoms with Gasteiger partial charge in [0, 0.05) is 29.5 Å². The summed E-state index contributed by atoms with van der Waals surface area (Å²) in [6.07, 6.45) is 3.53. The minimum Gasteiger partial charge on any atom is -0.372 e. The van der Waals surface area contributed by atoms with Gasteiger partial charge in [-0.25, -0.2) is 0 Å². The van der Waals surface area contributed by atoms with Crippen molar-refractivity contribution in [3.63, 3.8) is 0 Å². The molecule has 0 spiro atoms. The van der Waals surface area contributed by atoms with Crippen LogP contribution in [0.5, 0.6) is 0 Å². The fourth-order valence-corrected chi connectivity index (χ4v) is 2.64. The van der Waals surface area contributed by atoms with Gasteiger partial charge in [-0.2, -0.15) is 10.2 Å². The Morgan fingerprint density at radius 2 is 1.79 bits per heavy atom. The van der Waals surface area contributed by atoms with E-state index in [4.69, 9.17) is 0 Å². The summed E-state index contributed by atoms with van der Waals surface area (Å²) < 4.78 is 0. The van der Waals surface area contributed by atoms with E-state index in [0.717, 1.165) is 29.4 Å². The van der Waals surface area contributed by atoms with E-state index in [-0.39, 0.29) is 0 Å². The molecule has 1 N–H and O–H groups in total. The molecule has 0 aliphatic carbocycles.